The Balaban J connectivity index is 1.90. The third kappa shape index (κ3) is 28.1. The van der Waals surface area contributed by atoms with Crippen LogP contribution in [0.1, 0.15) is 103 Å². The average Bonchev–Trinajstić information content (AvgIpc) is 1.80. The number of likely N-dealkylation sites (N-methyl/N-ethyl adjacent to an activating group) is 1. The first-order valence-electron chi connectivity index (χ1n) is 31.7. The molecule has 19 N–H and O–H groups in total. The van der Waals surface area contributed by atoms with Crippen LogP contribution in [0.5, 0.6) is 0 Å². The van der Waals surface area contributed by atoms with Crippen molar-refractivity contribution in [2.45, 2.75) is 171 Å². The van der Waals surface area contributed by atoms with Gasteiger partial charge in [0.15, 0.2) is 0 Å². The van der Waals surface area contributed by atoms with Crippen molar-refractivity contribution in [2.24, 2.45) is 29.0 Å². The molecule has 33 nitrogen and oxygen atoms in total. The van der Waals surface area contributed by atoms with Gasteiger partial charge in [-0.1, -0.05) is 88.4 Å². The number of nitrogens with zero attached hydrogens (tertiary/aromatic N) is 2. The third-order valence-electron chi connectivity index (χ3n) is 15.6. The average molecular weight is 1380 g/mol. The number of thioether (sulfide) groups is 1. The Hall–Kier alpha value is -9.28. The first-order valence-corrected chi connectivity index (χ1v) is 33.1. The van der Waals surface area contributed by atoms with Crippen LogP contribution in [0.15, 0.2) is 60.7 Å². The third-order valence-corrected chi connectivity index (χ3v) is 16.2. The van der Waals surface area contributed by atoms with Gasteiger partial charge in [0.1, 0.15) is 60.4 Å². The van der Waals surface area contributed by atoms with E-state index in [2.05, 4.69) is 47.9 Å². The standard InChI is InChI=1S/C63H94N14O19S/c1-34(2)26-41(56(89)69-39(53(66)86)22-25-97-6)68-48(79)32-67-60(93)47(28-37-18-11-8-12-19-37)76(5)62(95)44(27-36-16-9-7-10-17-36)73-58(91)43(31-51(84)85)71-57(90)42(30-50(82)83)72-59(92)45(33-78)74-55(88)40(20-13-14-23-64)70-61(94)46-21-15-24-77(46)63(96)52(35(3)4)75-54(87)38(65)29-49(80)81/h7-12,16-19,34-35,38-47,52,78H,13-15,20-33,64-65H2,1-6H3,(H2,66,86)(H,67,93)(H,68,79)(H,69,89)(H,70,94)(H,71,90)(H,72,92)(H,73,91)(H,74,88)(H,75,87)(H,80,81)(H,82,83)(H,84,85)/t38-,39-,40-,41-,42-,43-,44-,45-,46-,47-,52-/m0/s1. The number of benzene rings is 2. The zero-order valence-electron chi connectivity index (χ0n) is 55.2. The molecule has 536 valence electrons. The number of rotatable bonds is 43. The second-order valence-corrected chi connectivity index (χ2v) is 25.1. The highest BCUT2D eigenvalue weighted by molar-refractivity contribution is 7.98. The number of likely N-dealkylation sites (tertiary alicyclic amines) is 1. The van der Waals surface area contributed by atoms with Crippen molar-refractivity contribution in [3.63, 3.8) is 0 Å². The second kappa shape index (κ2) is 41.6. The largest absolute Gasteiger partial charge is 0.481 e. The van der Waals surface area contributed by atoms with Crippen LogP contribution < -0.4 is 65.1 Å². The fourth-order valence-corrected chi connectivity index (χ4v) is 10.8. The summed E-state index contributed by atoms with van der Waals surface area (Å²) in [5.74, 6) is -16.7. The molecule has 3 rings (SSSR count). The minimum Gasteiger partial charge on any atom is -0.481 e. The van der Waals surface area contributed by atoms with Crippen LogP contribution in [0.3, 0.4) is 0 Å². The topological polar surface area (TPSA) is 530 Å². The highest BCUT2D eigenvalue weighted by Crippen LogP contribution is 2.22. The predicted octanol–water partition coefficient (Wildman–Crippen LogP) is -3.90. The number of carboxylic acid groups (broad SMARTS) is 3. The lowest BCUT2D eigenvalue weighted by Gasteiger charge is -2.32. The number of carbonyl (C=O) groups excluding carboxylic acids is 12. The van der Waals surface area contributed by atoms with Crippen LogP contribution in [0.25, 0.3) is 0 Å². The van der Waals surface area contributed by atoms with E-state index in [4.69, 9.17) is 22.3 Å². The zero-order valence-corrected chi connectivity index (χ0v) is 56.1. The number of aliphatic carboxylic acids is 3. The molecule has 2 aromatic rings. The van der Waals surface area contributed by atoms with Crippen LogP contribution in [-0.2, 0) is 84.8 Å². The molecule has 0 saturated carbocycles. The van der Waals surface area contributed by atoms with E-state index in [-0.39, 0.29) is 64.0 Å². The van der Waals surface area contributed by atoms with E-state index in [1.807, 2.05) is 6.26 Å². The Morgan fingerprint density at radius 1 is 0.598 bits per heavy atom. The number of carboxylic acids is 3. The van der Waals surface area contributed by atoms with Gasteiger partial charge in [-0.25, -0.2) is 0 Å². The van der Waals surface area contributed by atoms with Crippen molar-refractivity contribution in [3.05, 3.63) is 71.8 Å². The summed E-state index contributed by atoms with van der Waals surface area (Å²) in [7, 11) is 1.24. The fraction of sp³-hybridized carbons (Fsp3) is 0.571. The molecule has 0 unspecified atom stereocenters. The summed E-state index contributed by atoms with van der Waals surface area (Å²) in [6.07, 6.45) is -0.588. The van der Waals surface area contributed by atoms with Gasteiger partial charge in [0.05, 0.1) is 38.5 Å². The normalized spacial score (nSPS) is 15.8. The Labute approximate surface area is 565 Å². The van der Waals surface area contributed by atoms with Gasteiger partial charge in [-0.05, 0) is 86.5 Å². The van der Waals surface area contributed by atoms with E-state index in [1.54, 1.807) is 88.4 Å². The number of aliphatic hydroxyl groups is 1. The maximum atomic E-state index is 14.9. The van der Waals surface area contributed by atoms with Gasteiger partial charge in [-0.2, -0.15) is 11.8 Å². The van der Waals surface area contributed by atoms with Crippen molar-refractivity contribution in [1.29, 1.82) is 0 Å². The summed E-state index contributed by atoms with van der Waals surface area (Å²) < 4.78 is 0. The summed E-state index contributed by atoms with van der Waals surface area (Å²) in [5.41, 5.74) is 17.9. The molecular weight excluding hydrogens is 1290 g/mol. The molecule has 0 spiro atoms. The second-order valence-electron chi connectivity index (χ2n) is 24.1. The lowest BCUT2D eigenvalue weighted by atomic mass is 10.0. The molecule has 2 aromatic carbocycles. The number of carbonyl (C=O) groups is 15. The Morgan fingerprint density at radius 2 is 1.10 bits per heavy atom. The fourth-order valence-electron chi connectivity index (χ4n) is 10.3. The Kier molecular flexibility index (Phi) is 35.2. The molecule has 0 bridgehead atoms. The molecule has 97 heavy (non-hydrogen) atoms. The van der Waals surface area contributed by atoms with Gasteiger partial charge in [0.25, 0.3) is 0 Å². The molecule has 1 aliphatic heterocycles. The molecule has 34 heteroatoms. The predicted molar refractivity (Wildman–Crippen MR) is 351 cm³/mol. The van der Waals surface area contributed by atoms with Crippen molar-refractivity contribution < 1.29 is 92.3 Å². The van der Waals surface area contributed by atoms with Crippen LogP contribution in [0.2, 0.25) is 0 Å². The minimum absolute atomic E-state index is 0.0464. The molecule has 1 saturated heterocycles. The van der Waals surface area contributed by atoms with E-state index < -0.39 is 194 Å². The van der Waals surface area contributed by atoms with Crippen LogP contribution in [0.4, 0.5) is 0 Å². The Bertz CT molecular complexity index is 3060. The SMILES string of the molecule is CSCC[C@H](NC(=O)[C@H](CC(C)C)NC(=O)CNC(=O)[C@H](Cc1ccccc1)N(C)C(=O)[C@H](Cc1ccccc1)NC(=O)[C@H](CC(=O)O)NC(=O)[C@H](CC(=O)O)NC(=O)[C@H](CO)NC(=O)[C@H](CCCCN)NC(=O)[C@@H]1CCCN1C(=O)[C@@H](NC(=O)[C@@H](N)CC(=O)O)C(C)C)C(N)=O. The van der Waals surface area contributed by atoms with Gasteiger partial charge in [0, 0.05) is 26.4 Å². The van der Waals surface area contributed by atoms with Gasteiger partial charge in [-0.3, -0.25) is 71.9 Å². The van der Waals surface area contributed by atoms with Crippen molar-refractivity contribution in [3.8, 4) is 0 Å². The molecule has 1 fully saturated rings. The highest BCUT2D eigenvalue weighted by atomic mass is 32.2. The van der Waals surface area contributed by atoms with E-state index >= 15 is 0 Å². The van der Waals surface area contributed by atoms with E-state index in [9.17, 15) is 87.2 Å². The Morgan fingerprint density at radius 3 is 1.61 bits per heavy atom. The maximum Gasteiger partial charge on any atom is 0.305 e. The monoisotopic (exact) mass is 1380 g/mol. The van der Waals surface area contributed by atoms with Gasteiger partial charge in [-0.15, -0.1) is 0 Å². The molecule has 0 aliphatic carbocycles. The molecule has 1 heterocycles. The summed E-state index contributed by atoms with van der Waals surface area (Å²) in [4.78, 5) is 203. The number of nitrogens with one attached hydrogen (secondary N) is 9. The van der Waals surface area contributed by atoms with Crippen molar-refractivity contribution in [2.75, 3.05) is 45.3 Å². The lowest BCUT2D eigenvalue weighted by molar-refractivity contribution is -0.145. The molecule has 11 atom stereocenters. The zero-order chi connectivity index (χ0) is 72.6. The summed E-state index contributed by atoms with van der Waals surface area (Å²) in [6, 6.07) is -0.478. The number of nitrogens with two attached hydrogens (primary N) is 3. The first kappa shape index (κ1) is 82.0. The maximum absolute atomic E-state index is 14.9. The number of amides is 12. The molecule has 0 aromatic heterocycles. The highest BCUT2D eigenvalue weighted by Gasteiger charge is 2.42. The van der Waals surface area contributed by atoms with E-state index in [1.165, 1.54) is 23.7 Å². The quantitative estimate of drug-likeness (QED) is 0.0282. The van der Waals surface area contributed by atoms with Crippen molar-refractivity contribution in [1.82, 2.24) is 57.7 Å². The van der Waals surface area contributed by atoms with Gasteiger partial charge in [0.2, 0.25) is 70.9 Å². The number of hydrogen-bond donors (Lipinski definition) is 16. The summed E-state index contributed by atoms with van der Waals surface area (Å²) in [5, 5.41) is 61.2. The summed E-state index contributed by atoms with van der Waals surface area (Å²) in [6.45, 7) is 5.11. The molecule has 0 radical (unpaired) electrons. The van der Waals surface area contributed by atoms with Crippen LogP contribution >= 0.6 is 11.8 Å². The van der Waals surface area contributed by atoms with Crippen molar-refractivity contribution >= 4 is 101 Å². The van der Waals surface area contributed by atoms with Gasteiger partial charge < -0.3 is 95.3 Å². The number of hydrogen-bond acceptors (Lipinski definition) is 19. The smallest absolute Gasteiger partial charge is 0.305 e. The van der Waals surface area contributed by atoms with E-state index in [0.29, 0.717) is 29.7 Å². The lowest BCUT2D eigenvalue weighted by Crippen LogP contribution is -2.61. The number of unbranched alkanes of at least 4 members (excludes halogenated alkanes) is 1. The van der Waals surface area contributed by atoms with Crippen LogP contribution in [-0.4, -0.2) is 231 Å². The molecule has 12 amide bonds. The number of aliphatic hydroxyl groups excluding tert-OH is 1. The van der Waals surface area contributed by atoms with Gasteiger partial charge >= 0.3 is 17.9 Å². The first-order chi connectivity index (χ1) is 45.8. The summed E-state index contributed by atoms with van der Waals surface area (Å²) >= 11 is 1.43. The minimum atomic E-state index is -2.16. The number of primary amides is 1. The van der Waals surface area contributed by atoms with E-state index in [0.717, 1.165) is 4.90 Å². The molecule has 1 aliphatic rings. The van der Waals surface area contributed by atoms with Crippen LogP contribution in [0, 0.1) is 11.8 Å². The molecular formula is C63H94N14O19S.